The van der Waals surface area contributed by atoms with Crippen molar-refractivity contribution in [3.05, 3.63) is 39.7 Å². The van der Waals surface area contributed by atoms with Crippen molar-refractivity contribution < 1.29 is 22.0 Å². The van der Waals surface area contributed by atoms with Crippen LogP contribution in [0, 0.1) is 9.49 Å². The quantitative estimate of drug-likeness (QED) is 0.383. The molecule has 0 amide bonds. The van der Waals surface area contributed by atoms with Gasteiger partial charge in [-0.3, -0.25) is 0 Å². The van der Waals surface area contributed by atoms with Crippen LogP contribution in [0.5, 0.6) is 0 Å². The minimum atomic E-state index is -4.47. The number of allylic oxidation sites excluding steroid dienone is 1. The van der Waals surface area contributed by atoms with Gasteiger partial charge in [0.2, 0.25) is 12.1 Å². The maximum absolute atomic E-state index is 13.9. The summed E-state index contributed by atoms with van der Waals surface area (Å²) in [5, 5.41) is 0. The molecule has 2 nitrogen and oxygen atoms in total. The van der Waals surface area contributed by atoms with Crippen molar-refractivity contribution >= 4 is 28.3 Å². The zero-order valence-corrected chi connectivity index (χ0v) is 16.4. The van der Waals surface area contributed by atoms with Gasteiger partial charge >= 0.3 is 6.18 Å². The van der Waals surface area contributed by atoms with Gasteiger partial charge in [-0.05, 0) is 60.4 Å². The lowest BCUT2D eigenvalue weighted by molar-refractivity contribution is -0.174. The first-order valence-electron chi connectivity index (χ1n) is 8.51. The molecule has 1 aliphatic heterocycles. The number of hydrogen-bond donors (Lipinski definition) is 0. The highest BCUT2D eigenvalue weighted by Gasteiger charge is 2.51. The molecule has 0 N–H and O–H groups in total. The minimum Gasteiger partial charge on any atom is -0.348 e. The molecule has 1 saturated carbocycles. The monoisotopic (exact) mass is 486 g/mol. The topological polar surface area (TPSA) is 6.48 Å². The van der Waals surface area contributed by atoms with Gasteiger partial charge in [0.05, 0.1) is 5.69 Å². The van der Waals surface area contributed by atoms with E-state index in [4.69, 9.17) is 0 Å². The van der Waals surface area contributed by atoms with Crippen LogP contribution in [0.2, 0.25) is 0 Å². The molecular formula is C18H20F5IN2. The molecule has 1 atom stereocenters. The van der Waals surface area contributed by atoms with Gasteiger partial charge in [-0.15, -0.1) is 0 Å². The van der Waals surface area contributed by atoms with Crippen LogP contribution in [0.25, 0.3) is 0 Å². The van der Waals surface area contributed by atoms with E-state index in [0.717, 1.165) is 3.57 Å². The summed E-state index contributed by atoms with van der Waals surface area (Å²) in [4.78, 5) is 2.56. The maximum Gasteiger partial charge on any atom is 0.427 e. The number of para-hydroxylation sites is 1. The third-order valence-electron chi connectivity index (χ3n) is 5.00. The molecule has 1 aromatic rings. The molecule has 0 spiro atoms. The zero-order valence-electron chi connectivity index (χ0n) is 14.2. The summed E-state index contributed by atoms with van der Waals surface area (Å²) in [6, 6.07) is 6.93. The molecule has 1 aliphatic carbocycles. The largest absolute Gasteiger partial charge is 0.427 e. The average molecular weight is 486 g/mol. The molecular weight excluding hydrogens is 466 g/mol. The van der Waals surface area contributed by atoms with Gasteiger partial charge < -0.3 is 9.80 Å². The Balaban J connectivity index is 1.84. The minimum absolute atomic E-state index is 0.136. The van der Waals surface area contributed by atoms with Gasteiger partial charge in [-0.1, -0.05) is 12.1 Å². The Hall–Kier alpha value is -1.06. The molecule has 3 rings (SSSR count). The predicted octanol–water partition coefficient (Wildman–Crippen LogP) is 5.99. The number of benzene rings is 1. The number of alkyl halides is 5. The van der Waals surface area contributed by atoms with E-state index in [2.05, 4.69) is 0 Å². The molecule has 1 fully saturated rings. The molecule has 1 aromatic carbocycles. The third-order valence-corrected chi connectivity index (χ3v) is 5.91. The zero-order chi connectivity index (χ0) is 19.1. The number of nitrogens with zero attached hydrogens (tertiary/aromatic N) is 2. The van der Waals surface area contributed by atoms with Crippen LogP contribution < -0.4 is 4.90 Å². The summed E-state index contributed by atoms with van der Waals surface area (Å²) in [6.45, 7) is 1.79. The fraction of sp³-hybridized carbons (Fsp3) is 0.556. The van der Waals surface area contributed by atoms with E-state index in [1.54, 1.807) is 31.2 Å². The van der Waals surface area contributed by atoms with Crippen LogP contribution in [-0.4, -0.2) is 29.7 Å². The average Bonchev–Trinajstić information content (AvgIpc) is 2.86. The normalized spacial score (nSPS) is 24.1. The maximum atomic E-state index is 13.9. The standard InChI is InChI=1S/C18H20F5IN2/c1-12-10-25(11-13-6-8-17(19,20)9-7-13)16(18(21,22)23)26(12)15-5-3-2-4-14(15)24/h2-5,10,13,16H,6-9,11H2,1H3. The van der Waals surface area contributed by atoms with E-state index in [-0.39, 0.29) is 38.1 Å². The van der Waals surface area contributed by atoms with Crippen molar-refractivity contribution in [3.8, 4) is 0 Å². The predicted molar refractivity (Wildman–Crippen MR) is 98.8 cm³/mol. The Kier molecular flexibility index (Phi) is 5.43. The van der Waals surface area contributed by atoms with Crippen LogP contribution >= 0.6 is 22.6 Å². The smallest absolute Gasteiger partial charge is 0.348 e. The highest BCUT2D eigenvalue weighted by atomic mass is 127. The summed E-state index contributed by atoms with van der Waals surface area (Å²) in [5.41, 5.74) is 0.999. The second kappa shape index (κ2) is 7.16. The second-order valence-corrected chi connectivity index (χ2v) is 8.17. The van der Waals surface area contributed by atoms with Crippen LogP contribution in [0.4, 0.5) is 27.6 Å². The molecule has 1 heterocycles. The fourth-order valence-electron chi connectivity index (χ4n) is 3.75. The SMILES string of the molecule is CC1=CN(CC2CCC(F)(F)CC2)C(C(F)(F)F)N1c1ccccc1I. The van der Waals surface area contributed by atoms with Crippen molar-refractivity contribution in [3.63, 3.8) is 0 Å². The number of hydrogen-bond acceptors (Lipinski definition) is 2. The van der Waals surface area contributed by atoms with Crippen molar-refractivity contribution in [2.75, 3.05) is 11.4 Å². The first kappa shape index (κ1) is 19.7. The first-order chi connectivity index (χ1) is 12.1. The lowest BCUT2D eigenvalue weighted by Gasteiger charge is -2.38. The van der Waals surface area contributed by atoms with Crippen molar-refractivity contribution in [2.45, 2.75) is 50.9 Å². The summed E-state index contributed by atoms with van der Waals surface area (Å²) >= 11 is 2.03. The van der Waals surface area contributed by atoms with Crippen molar-refractivity contribution in [1.82, 2.24) is 4.90 Å². The van der Waals surface area contributed by atoms with Gasteiger partial charge in [0, 0.05) is 34.9 Å². The van der Waals surface area contributed by atoms with Crippen LogP contribution in [0.3, 0.4) is 0 Å². The molecule has 2 aliphatic rings. The van der Waals surface area contributed by atoms with Gasteiger partial charge in [-0.2, -0.15) is 13.2 Å². The number of anilines is 1. The summed E-state index contributed by atoms with van der Waals surface area (Å²) in [7, 11) is 0. The Morgan fingerprint density at radius 1 is 1.15 bits per heavy atom. The molecule has 1 unspecified atom stereocenters. The number of rotatable bonds is 3. The summed E-state index contributed by atoms with van der Waals surface area (Å²) in [5.74, 6) is -2.83. The third kappa shape index (κ3) is 4.09. The highest BCUT2D eigenvalue weighted by Crippen LogP contribution is 2.42. The summed E-state index contributed by atoms with van der Waals surface area (Å²) < 4.78 is 69.1. The van der Waals surface area contributed by atoms with Crippen LogP contribution in [0.1, 0.15) is 32.6 Å². The Labute approximate surface area is 163 Å². The van der Waals surface area contributed by atoms with E-state index in [0.29, 0.717) is 11.4 Å². The lowest BCUT2D eigenvalue weighted by Crippen LogP contribution is -2.52. The molecule has 0 aromatic heterocycles. The van der Waals surface area contributed by atoms with E-state index in [1.807, 2.05) is 22.6 Å². The van der Waals surface area contributed by atoms with E-state index < -0.39 is 18.3 Å². The van der Waals surface area contributed by atoms with Crippen molar-refractivity contribution in [1.29, 1.82) is 0 Å². The first-order valence-corrected chi connectivity index (χ1v) is 9.59. The van der Waals surface area contributed by atoms with Crippen LogP contribution in [-0.2, 0) is 0 Å². The van der Waals surface area contributed by atoms with Crippen molar-refractivity contribution in [2.24, 2.45) is 5.92 Å². The lowest BCUT2D eigenvalue weighted by atomic mass is 9.86. The van der Waals surface area contributed by atoms with Gasteiger partial charge in [0.15, 0.2) is 0 Å². The molecule has 0 saturated heterocycles. The van der Waals surface area contributed by atoms with Gasteiger partial charge in [-0.25, -0.2) is 8.78 Å². The Morgan fingerprint density at radius 2 is 1.77 bits per heavy atom. The van der Waals surface area contributed by atoms with E-state index >= 15 is 0 Å². The highest BCUT2D eigenvalue weighted by molar-refractivity contribution is 14.1. The van der Waals surface area contributed by atoms with E-state index in [9.17, 15) is 22.0 Å². The van der Waals surface area contributed by atoms with Gasteiger partial charge in [0.1, 0.15) is 0 Å². The molecule has 26 heavy (non-hydrogen) atoms. The fourth-order valence-corrected chi connectivity index (χ4v) is 4.40. The molecule has 144 valence electrons. The molecule has 8 heteroatoms. The van der Waals surface area contributed by atoms with E-state index in [1.165, 1.54) is 16.0 Å². The molecule has 0 radical (unpaired) electrons. The Morgan fingerprint density at radius 3 is 2.35 bits per heavy atom. The number of halogens is 6. The Bertz CT molecular complexity index is 678. The van der Waals surface area contributed by atoms with Crippen LogP contribution in [0.15, 0.2) is 36.2 Å². The molecule has 0 bridgehead atoms. The summed E-state index contributed by atoms with van der Waals surface area (Å²) in [6.07, 6.45) is -4.75. The van der Waals surface area contributed by atoms with Gasteiger partial charge in [0.25, 0.3) is 0 Å². The second-order valence-electron chi connectivity index (χ2n) is 7.00.